The number of rotatable bonds is 4. The number of amides is 2. The Morgan fingerprint density at radius 3 is 2.88 bits per heavy atom. The van der Waals surface area contributed by atoms with Gasteiger partial charge in [0.1, 0.15) is 5.69 Å². The van der Waals surface area contributed by atoms with Crippen molar-refractivity contribution in [3.8, 4) is 5.88 Å². The van der Waals surface area contributed by atoms with Gasteiger partial charge in [-0.15, -0.1) is 0 Å². The van der Waals surface area contributed by atoms with Gasteiger partial charge in [0.25, 0.3) is 0 Å². The molecule has 0 aliphatic carbocycles. The number of pyridine rings is 1. The van der Waals surface area contributed by atoms with Crippen molar-refractivity contribution in [2.45, 2.75) is 0 Å². The summed E-state index contributed by atoms with van der Waals surface area (Å²) < 4.78 is 4.91. The van der Waals surface area contributed by atoms with Gasteiger partial charge in [0.05, 0.1) is 13.7 Å². The maximum absolute atomic E-state index is 11.4. The smallest absolute Gasteiger partial charge is 0.313 e. The Bertz CT molecular complexity index is 408. The summed E-state index contributed by atoms with van der Waals surface area (Å²) in [5.41, 5.74) is 0.305. The van der Waals surface area contributed by atoms with Gasteiger partial charge in [-0.2, -0.15) is 0 Å². The maximum atomic E-state index is 11.4. The molecular formula is C10H13N3O4. The second-order valence-corrected chi connectivity index (χ2v) is 2.99. The van der Waals surface area contributed by atoms with Gasteiger partial charge < -0.3 is 20.5 Å². The van der Waals surface area contributed by atoms with Crippen LogP contribution in [0.4, 0.5) is 5.69 Å². The van der Waals surface area contributed by atoms with Gasteiger partial charge in [0.2, 0.25) is 5.88 Å². The predicted molar refractivity (Wildman–Crippen MR) is 59.5 cm³/mol. The zero-order valence-electron chi connectivity index (χ0n) is 9.27. The molecule has 7 nitrogen and oxygen atoms in total. The van der Waals surface area contributed by atoms with Crippen LogP contribution in [0.5, 0.6) is 5.88 Å². The van der Waals surface area contributed by atoms with E-state index in [-0.39, 0.29) is 19.0 Å². The second kappa shape index (κ2) is 6.44. The van der Waals surface area contributed by atoms with E-state index in [1.54, 1.807) is 12.1 Å². The molecule has 0 saturated heterocycles. The minimum absolute atomic E-state index is 0.0242. The SMILES string of the molecule is COc1ncccc1NC(=O)C(=O)NCCO. The number of aliphatic hydroxyl groups is 1. The van der Waals surface area contributed by atoms with Crippen LogP contribution in [-0.4, -0.2) is 42.2 Å². The Labute approximate surface area is 97.8 Å². The lowest BCUT2D eigenvalue weighted by molar-refractivity contribution is -0.136. The number of nitrogens with one attached hydrogen (secondary N) is 2. The van der Waals surface area contributed by atoms with E-state index in [0.29, 0.717) is 5.69 Å². The first-order valence-electron chi connectivity index (χ1n) is 4.88. The Balaban J connectivity index is 2.64. The lowest BCUT2D eigenvalue weighted by Gasteiger charge is -2.08. The van der Waals surface area contributed by atoms with Crippen molar-refractivity contribution in [2.75, 3.05) is 25.6 Å². The molecular weight excluding hydrogens is 226 g/mol. The van der Waals surface area contributed by atoms with Gasteiger partial charge in [-0.1, -0.05) is 0 Å². The van der Waals surface area contributed by atoms with Crippen molar-refractivity contribution in [2.24, 2.45) is 0 Å². The molecule has 0 aliphatic heterocycles. The second-order valence-electron chi connectivity index (χ2n) is 2.99. The number of anilines is 1. The highest BCUT2D eigenvalue weighted by Gasteiger charge is 2.15. The summed E-state index contributed by atoms with van der Waals surface area (Å²) in [7, 11) is 1.41. The minimum Gasteiger partial charge on any atom is -0.480 e. The van der Waals surface area contributed by atoms with Gasteiger partial charge in [-0.05, 0) is 12.1 Å². The number of aromatic nitrogens is 1. The van der Waals surface area contributed by atoms with Crippen molar-refractivity contribution in [3.63, 3.8) is 0 Å². The predicted octanol–water partition coefficient (Wildman–Crippen LogP) is -0.863. The molecule has 0 unspecified atom stereocenters. The van der Waals surface area contributed by atoms with Crippen LogP contribution in [0.15, 0.2) is 18.3 Å². The summed E-state index contributed by atoms with van der Waals surface area (Å²) in [6, 6.07) is 3.16. The van der Waals surface area contributed by atoms with Crippen molar-refractivity contribution in [3.05, 3.63) is 18.3 Å². The van der Waals surface area contributed by atoms with Gasteiger partial charge in [0.15, 0.2) is 0 Å². The van der Waals surface area contributed by atoms with Gasteiger partial charge >= 0.3 is 11.8 Å². The highest BCUT2D eigenvalue weighted by molar-refractivity contribution is 6.39. The first-order valence-corrected chi connectivity index (χ1v) is 4.88. The number of methoxy groups -OCH3 is 1. The largest absolute Gasteiger partial charge is 0.480 e. The number of hydrogen-bond acceptors (Lipinski definition) is 5. The number of ether oxygens (including phenoxy) is 1. The fraction of sp³-hybridized carbons (Fsp3) is 0.300. The van der Waals surface area contributed by atoms with E-state index in [4.69, 9.17) is 9.84 Å². The third kappa shape index (κ3) is 3.72. The molecule has 1 aromatic heterocycles. The highest BCUT2D eigenvalue weighted by Crippen LogP contribution is 2.19. The summed E-state index contributed by atoms with van der Waals surface area (Å²) in [4.78, 5) is 26.5. The number of nitrogens with zero attached hydrogens (tertiary/aromatic N) is 1. The van der Waals surface area contributed by atoms with Crippen molar-refractivity contribution in [1.29, 1.82) is 0 Å². The van der Waals surface area contributed by atoms with E-state index in [0.717, 1.165) is 0 Å². The maximum Gasteiger partial charge on any atom is 0.313 e. The number of carbonyl (C=O) groups excluding carboxylic acids is 2. The third-order valence-electron chi connectivity index (χ3n) is 1.82. The van der Waals surface area contributed by atoms with Crippen LogP contribution in [0, 0.1) is 0 Å². The van der Waals surface area contributed by atoms with Gasteiger partial charge in [-0.25, -0.2) is 4.98 Å². The highest BCUT2D eigenvalue weighted by atomic mass is 16.5. The molecule has 1 aromatic rings. The first kappa shape index (κ1) is 12.9. The monoisotopic (exact) mass is 239 g/mol. The fourth-order valence-electron chi connectivity index (χ4n) is 1.08. The van der Waals surface area contributed by atoms with Crippen LogP contribution in [0.25, 0.3) is 0 Å². The van der Waals surface area contributed by atoms with E-state index in [9.17, 15) is 9.59 Å². The van der Waals surface area contributed by atoms with E-state index in [1.165, 1.54) is 13.3 Å². The van der Waals surface area contributed by atoms with Gasteiger partial charge in [-0.3, -0.25) is 9.59 Å². The van der Waals surface area contributed by atoms with Crippen molar-refractivity contribution >= 4 is 17.5 Å². The van der Waals surface area contributed by atoms with Crippen molar-refractivity contribution < 1.29 is 19.4 Å². The van der Waals surface area contributed by atoms with Gasteiger partial charge in [0, 0.05) is 12.7 Å². The molecule has 1 heterocycles. The lowest BCUT2D eigenvalue weighted by Crippen LogP contribution is -2.36. The topological polar surface area (TPSA) is 101 Å². The molecule has 1 rings (SSSR count). The molecule has 0 fully saturated rings. The normalized spacial score (nSPS) is 9.53. The summed E-state index contributed by atoms with van der Waals surface area (Å²) in [6.45, 7) is -0.203. The first-order chi connectivity index (χ1) is 8.19. The zero-order chi connectivity index (χ0) is 12.7. The standard InChI is InChI=1S/C10H13N3O4/c1-17-10-7(3-2-4-12-10)13-9(16)8(15)11-5-6-14/h2-4,14H,5-6H2,1H3,(H,11,15)(H,13,16). The fourth-order valence-corrected chi connectivity index (χ4v) is 1.08. The molecule has 0 saturated carbocycles. The molecule has 17 heavy (non-hydrogen) atoms. The van der Waals surface area contributed by atoms with Crippen LogP contribution in [-0.2, 0) is 9.59 Å². The summed E-state index contributed by atoms with van der Waals surface area (Å²) in [5.74, 6) is -1.45. The Morgan fingerprint density at radius 1 is 1.47 bits per heavy atom. The molecule has 92 valence electrons. The Kier molecular flexibility index (Phi) is 4.89. The third-order valence-corrected chi connectivity index (χ3v) is 1.82. The molecule has 0 spiro atoms. The molecule has 7 heteroatoms. The molecule has 0 aromatic carbocycles. The quantitative estimate of drug-likeness (QED) is 0.593. The minimum atomic E-state index is -0.843. The average Bonchev–Trinajstić information content (AvgIpc) is 2.36. The van der Waals surface area contributed by atoms with Crippen molar-refractivity contribution in [1.82, 2.24) is 10.3 Å². The molecule has 0 aliphatic rings. The molecule has 2 amide bonds. The van der Waals surface area contributed by atoms with E-state index in [1.807, 2.05) is 0 Å². The number of aliphatic hydroxyl groups excluding tert-OH is 1. The van der Waals surface area contributed by atoms with E-state index >= 15 is 0 Å². The van der Waals surface area contributed by atoms with Crippen LogP contribution in [0.2, 0.25) is 0 Å². The van der Waals surface area contributed by atoms with Crippen LogP contribution in [0.3, 0.4) is 0 Å². The van der Waals surface area contributed by atoms with Crippen LogP contribution >= 0.6 is 0 Å². The van der Waals surface area contributed by atoms with Crippen LogP contribution < -0.4 is 15.4 Å². The summed E-state index contributed by atoms with van der Waals surface area (Å²) in [6.07, 6.45) is 1.50. The Morgan fingerprint density at radius 2 is 2.24 bits per heavy atom. The molecule has 0 atom stereocenters. The summed E-state index contributed by atoms with van der Waals surface area (Å²) in [5, 5.41) is 13.1. The lowest BCUT2D eigenvalue weighted by atomic mass is 10.4. The summed E-state index contributed by atoms with van der Waals surface area (Å²) >= 11 is 0. The Hall–Kier alpha value is -2.15. The number of carbonyl (C=O) groups is 2. The number of hydrogen-bond donors (Lipinski definition) is 3. The zero-order valence-corrected chi connectivity index (χ0v) is 9.27. The van der Waals surface area contributed by atoms with E-state index < -0.39 is 11.8 Å². The average molecular weight is 239 g/mol. The molecule has 3 N–H and O–H groups in total. The molecule has 0 radical (unpaired) electrons. The van der Waals surface area contributed by atoms with E-state index in [2.05, 4.69) is 15.6 Å². The van der Waals surface area contributed by atoms with Crippen LogP contribution in [0.1, 0.15) is 0 Å². The molecule has 0 bridgehead atoms.